The number of pyridine rings is 2. The number of hydrogen-bond donors (Lipinski definition) is 2. The van der Waals surface area contributed by atoms with E-state index >= 15 is 0 Å². The van der Waals surface area contributed by atoms with E-state index in [4.69, 9.17) is 16.9 Å². The van der Waals surface area contributed by atoms with Gasteiger partial charge in [-0.1, -0.05) is 11.6 Å². The van der Waals surface area contributed by atoms with Crippen molar-refractivity contribution in [1.29, 1.82) is 5.26 Å². The zero-order valence-electron chi connectivity index (χ0n) is 13.6. The lowest BCUT2D eigenvalue weighted by atomic mass is 10.1. The SMILES string of the molecule is C[C@@H](Nc1ccc(C#N)n(C)c1=O)c1cc2cc(Cl)ccc2[nH]c1=O. The maximum Gasteiger partial charge on any atom is 0.274 e. The Labute approximate surface area is 148 Å². The topological polar surface area (TPSA) is 90.7 Å². The summed E-state index contributed by atoms with van der Waals surface area (Å²) in [6.07, 6.45) is 0. The van der Waals surface area contributed by atoms with Gasteiger partial charge >= 0.3 is 0 Å². The van der Waals surface area contributed by atoms with Crippen molar-refractivity contribution in [3.8, 4) is 6.07 Å². The normalized spacial score (nSPS) is 11.9. The molecule has 2 N–H and O–H groups in total. The highest BCUT2D eigenvalue weighted by atomic mass is 35.5. The molecular weight excluding hydrogens is 340 g/mol. The highest BCUT2D eigenvalue weighted by molar-refractivity contribution is 6.31. The van der Waals surface area contributed by atoms with E-state index in [1.54, 1.807) is 43.3 Å². The van der Waals surface area contributed by atoms with E-state index in [0.29, 0.717) is 21.8 Å². The van der Waals surface area contributed by atoms with Crippen LogP contribution in [-0.4, -0.2) is 9.55 Å². The fourth-order valence-electron chi connectivity index (χ4n) is 2.68. The van der Waals surface area contributed by atoms with Crippen LogP contribution < -0.4 is 16.4 Å². The van der Waals surface area contributed by atoms with Crippen LogP contribution in [0.1, 0.15) is 24.2 Å². The van der Waals surface area contributed by atoms with Gasteiger partial charge in [-0.3, -0.25) is 9.59 Å². The van der Waals surface area contributed by atoms with E-state index in [-0.39, 0.29) is 16.8 Å². The molecule has 0 aliphatic heterocycles. The molecule has 25 heavy (non-hydrogen) atoms. The predicted octanol–water partition coefficient (Wildman–Crippen LogP) is 2.92. The van der Waals surface area contributed by atoms with E-state index in [0.717, 1.165) is 5.39 Å². The van der Waals surface area contributed by atoms with Crippen molar-refractivity contribution in [1.82, 2.24) is 9.55 Å². The Morgan fingerprint density at radius 1 is 1.24 bits per heavy atom. The van der Waals surface area contributed by atoms with Crippen molar-refractivity contribution < 1.29 is 0 Å². The number of aromatic amines is 1. The lowest BCUT2D eigenvalue weighted by molar-refractivity contribution is 0.818. The average Bonchev–Trinajstić information content (AvgIpc) is 2.59. The van der Waals surface area contributed by atoms with Crippen LogP contribution in [-0.2, 0) is 7.05 Å². The van der Waals surface area contributed by atoms with Crippen LogP contribution in [0.5, 0.6) is 0 Å². The fraction of sp³-hybridized carbons (Fsp3) is 0.167. The second-order valence-corrected chi connectivity index (χ2v) is 6.20. The third-order valence-corrected chi connectivity index (χ3v) is 4.33. The first-order valence-corrected chi connectivity index (χ1v) is 7.97. The fourth-order valence-corrected chi connectivity index (χ4v) is 2.87. The van der Waals surface area contributed by atoms with Crippen LogP contribution >= 0.6 is 11.6 Å². The average molecular weight is 355 g/mol. The largest absolute Gasteiger partial charge is 0.374 e. The monoisotopic (exact) mass is 354 g/mol. The summed E-state index contributed by atoms with van der Waals surface area (Å²) in [6.45, 7) is 1.79. The molecule has 2 heterocycles. The molecule has 1 atom stereocenters. The molecule has 0 radical (unpaired) electrons. The minimum Gasteiger partial charge on any atom is -0.374 e. The molecule has 0 aliphatic rings. The van der Waals surface area contributed by atoms with Gasteiger partial charge in [0.1, 0.15) is 17.5 Å². The van der Waals surface area contributed by atoms with Crippen LogP contribution in [0.2, 0.25) is 5.02 Å². The highest BCUT2D eigenvalue weighted by Crippen LogP contribution is 2.21. The summed E-state index contributed by atoms with van der Waals surface area (Å²) in [7, 11) is 1.53. The van der Waals surface area contributed by atoms with Gasteiger partial charge in [0, 0.05) is 28.5 Å². The summed E-state index contributed by atoms with van der Waals surface area (Å²) in [5.74, 6) is 0. The van der Waals surface area contributed by atoms with Crippen molar-refractivity contribution in [3.63, 3.8) is 0 Å². The second-order valence-electron chi connectivity index (χ2n) is 5.76. The number of halogens is 1. The summed E-state index contributed by atoms with van der Waals surface area (Å²) in [5.41, 5.74) is 1.20. The first-order chi connectivity index (χ1) is 11.9. The number of anilines is 1. The van der Waals surface area contributed by atoms with Crippen LogP contribution in [0, 0.1) is 11.3 Å². The number of nitrogens with one attached hydrogen (secondary N) is 2. The standard InChI is InChI=1S/C18H15ClN4O2/c1-10(21-16-6-4-13(9-20)23(2)18(16)25)14-8-11-7-12(19)3-5-15(11)22-17(14)24/h3-8,10,21H,1-2H3,(H,22,24)/t10-/m1/s1. The molecule has 0 unspecified atom stereocenters. The number of nitriles is 1. The van der Waals surface area contributed by atoms with Gasteiger partial charge in [0.2, 0.25) is 0 Å². The van der Waals surface area contributed by atoms with Gasteiger partial charge in [-0.25, -0.2) is 0 Å². The molecule has 0 fully saturated rings. The third-order valence-electron chi connectivity index (χ3n) is 4.09. The Hall–Kier alpha value is -3.04. The maximum absolute atomic E-state index is 12.3. The van der Waals surface area contributed by atoms with Gasteiger partial charge in [-0.05, 0) is 43.3 Å². The number of rotatable bonds is 3. The van der Waals surface area contributed by atoms with E-state index < -0.39 is 6.04 Å². The summed E-state index contributed by atoms with van der Waals surface area (Å²) >= 11 is 6.01. The quantitative estimate of drug-likeness (QED) is 0.756. The third kappa shape index (κ3) is 3.14. The molecule has 0 amide bonds. The Kier molecular flexibility index (Phi) is 4.34. The maximum atomic E-state index is 12.3. The van der Waals surface area contributed by atoms with Crippen LogP contribution in [0.4, 0.5) is 5.69 Å². The molecule has 0 saturated carbocycles. The summed E-state index contributed by atoms with van der Waals surface area (Å²) in [6, 6.07) is 11.6. The van der Waals surface area contributed by atoms with E-state index in [1.165, 1.54) is 11.6 Å². The molecule has 0 saturated heterocycles. The molecule has 126 valence electrons. The van der Waals surface area contributed by atoms with Gasteiger partial charge in [0.05, 0.1) is 6.04 Å². The van der Waals surface area contributed by atoms with Gasteiger partial charge in [0.25, 0.3) is 11.1 Å². The number of nitrogens with zero attached hydrogens (tertiary/aromatic N) is 2. The first kappa shape index (κ1) is 16.8. The van der Waals surface area contributed by atoms with Crippen molar-refractivity contribution in [3.05, 3.63) is 73.4 Å². The Morgan fingerprint density at radius 2 is 2.00 bits per heavy atom. The van der Waals surface area contributed by atoms with Gasteiger partial charge < -0.3 is 14.9 Å². The minimum atomic E-state index is -0.409. The molecule has 6 nitrogen and oxygen atoms in total. The Morgan fingerprint density at radius 3 is 2.72 bits per heavy atom. The molecule has 0 bridgehead atoms. The molecule has 7 heteroatoms. The van der Waals surface area contributed by atoms with Crippen molar-refractivity contribution in [2.24, 2.45) is 7.05 Å². The number of H-pyrrole nitrogens is 1. The van der Waals surface area contributed by atoms with E-state index in [2.05, 4.69) is 10.3 Å². The number of aromatic nitrogens is 2. The van der Waals surface area contributed by atoms with Crippen LogP contribution in [0.15, 0.2) is 46.0 Å². The van der Waals surface area contributed by atoms with Crippen molar-refractivity contribution >= 4 is 28.2 Å². The van der Waals surface area contributed by atoms with Gasteiger partial charge in [-0.15, -0.1) is 0 Å². The molecule has 0 aliphatic carbocycles. The number of fused-ring (bicyclic) bond motifs is 1. The van der Waals surface area contributed by atoms with E-state index in [1.807, 2.05) is 6.07 Å². The second kappa shape index (κ2) is 6.46. The molecule has 3 aromatic rings. The zero-order chi connectivity index (χ0) is 18.1. The smallest absolute Gasteiger partial charge is 0.274 e. The Bertz CT molecular complexity index is 1120. The molecule has 1 aromatic carbocycles. The molecule has 3 rings (SSSR count). The first-order valence-electron chi connectivity index (χ1n) is 7.60. The molecule has 0 spiro atoms. The molecule has 2 aromatic heterocycles. The summed E-state index contributed by atoms with van der Waals surface area (Å²) in [5, 5.41) is 13.4. The van der Waals surface area contributed by atoms with Crippen molar-refractivity contribution in [2.45, 2.75) is 13.0 Å². The van der Waals surface area contributed by atoms with Gasteiger partial charge in [-0.2, -0.15) is 5.26 Å². The Balaban J connectivity index is 2.01. The van der Waals surface area contributed by atoms with E-state index in [9.17, 15) is 9.59 Å². The minimum absolute atomic E-state index is 0.236. The highest BCUT2D eigenvalue weighted by Gasteiger charge is 2.14. The number of hydrogen-bond acceptors (Lipinski definition) is 4. The van der Waals surface area contributed by atoms with Gasteiger partial charge in [0.15, 0.2) is 0 Å². The van der Waals surface area contributed by atoms with Crippen LogP contribution in [0.3, 0.4) is 0 Å². The number of benzene rings is 1. The van der Waals surface area contributed by atoms with Crippen molar-refractivity contribution in [2.75, 3.05) is 5.32 Å². The van der Waals surface area contributed by atoms with Crippen LogP contribution in [0.25, 0.3) is 10.9 Å². The lowest BCUT2D eigenvalue weighted by Crippen LogP contribution is -2.26. The summed E-state index contributed by atoms with van der Waals surface area (Å²) < 4.78 is 1.26. The predicted molar refractivity (Wildman–Crippen MR) is 98.0 cm³/mol. The zero-order valence-corrected chi connectivity index (χ0v) is 14.4. The molecular formula is C18H15ClN4O2. The lowest BCUT2D eigenvalue weighted by Gasteiger charge is -2.16. The summed E-state index contributed by atoms with van der Waals surface area (Å²) in [4.78, 5) is 27.5.